The second-order valence-corrected chi connectivity index (χ2v) is 3.99. The van der Waals surface area contributed by atoms with Crippen molar-refractivity contribution in [2.45, 2.75) is 38.8 Å². The highest BCUT2D eigenvalue weighted by Crippen LogP contribution is 2.18. The molecular formula is C10H18N4O. The van der Waals surface area contributed by atoms with Gasteiger partial charge in [-0.2, -0.15) is 4.98 Å². The summed E-state index contributed by atoms with van der Waals surface area (Å²) in [6, 6.07) is 0.809. The van der Waals surface area contributed by atoms with E-state index in [0.29, 0.717) is 18.3 Å². The zero-order chi connectivity index (χ0) is 10.5. The Hall–Kier alpha value is -0.940. The molecule has 0 aliphatic heterocycles. The maximum Gasteiger partial charge on any atom is 0.240 e. The van der Waals surface area contributed by atoms with E-state index in [2.05, 4.69) is 20.8 Å². The van der Waals surface area contributed by atoms with Crippen LogP contribution in [0.2, 0.25) is 0 Å². The average Bonchev–Trinajstić information content (AvgIpc) is 2.95. The first-order valence-electron chi connectivity index (χ1n) is 5.58. The summed E-state index contributed by atoms with van der Waals surface area (Å²) in [5.41, 5.74) is 0. The molecule has 15 heavy (non-hydrogen) atoms. The van der Waals surface area contributed by atoms with Crippen LogP contribution >= 0.6 is 0 Å². The lowest BCUT2D eigenvalue weighted by molar-refractivity contribution is 0.364. The fourth-order valence-corrected chi connectivity index (χ4v) is 1.41. The molecule has 0 bridgehead atoms. The maximum absolute atomic E-state index is 4.98. The van der Waals surface area contributed by atoms with E-state index < -0.39 is 0 Å². The van der Waals surface area contributed by atoms with Crippen molar-refractivity contribution in [2.75, 3.05) is 13.1 Å². The number of hydrogen-bond donors (Lipinski definition) is 2. The quantitative estimate of drug-likeness (QED) is 0.646. The lowest BCUT2D eigenvalue weighted by Gasteiger charge is -2.02. The summed E-state index contributed by atoms with van der Waals surface area (Å²) in [7, 11) is 0. The van der Waals surface area contributed by atoms with Gasteiger partial charge in [-0.3, -0.25) is 0 Å². The highest BCUT2D eigenvalue weighted by molar-refractivity contribution is 4.82. The summed E-state index contributed by atoms with van der Waals surface area (Å²) in [6.45, 7) is 4.58. The highest BCUT2D eigenvalue weighted by atomic mass is 16.5. The number of hydrogen-bond acceptors (Lipinski definition) is 5. The van der Waals surface area contributed by atoms with Gasteiger partial charge in [-0.1, -0.05) is 5.16 Å². The molecule has 1 saturated carbocycles. The number of aryl methyl sites for hydroxylation is 1. The molecule has 0 unspecified atom stereocenters. The van der Waals surface area contributed by atoms with Crippen LogP contribution in [-0.2, 0) is 6.54 Å². The van der Waals surface area contributed by atoms with Crippen LogP contribution in [0.15, 0.2) is 4.52 Å². The largest absolute Gasteiger partial charge is 0.338 e. The third kappa shape index (κ3) is 3.97. The molecule has 1 aliphatic carbocycles. The van der Waals surface area contributed by atoms with Gasteiger partial charge in [0.25, 0.3) is 0 Å². The molecule has 0 spiro atoms. The minimum atomic E-state index is 0.669. The Morgan fingerprint density at radius 3 is 2.93 bits per heavy atom. The fraction of sp³-hybridized carbons (Fsp3) is 0.800. The van der Waals surface area contributed by atoms with Gasteiger partial charge in [0.1, 0.15) is 0 Å². The Kier molecular flexibility index (Phi) is 3.69. The van der Waals surface area contributed by atoms with Gasteiger partial charge in [-0.25, -0.2) is 0 Å². The van der Waals surface area contributed by atoms with E-state index in [-0.39, 0.29) is 0 Å². The molecule has 1 fully saturated rings. The molecule has 1 aromatic rings. The van der Waals surface area contributed by atoms with E-state index in [1.807, 2.05) is 6.92 Å². The van der Waals surface area contributed by atoms with Crippen molar-refractivity contribution in [1.29, 1.82) is 0 Å². The van der Waals surface area contributed by atoms with Gasteiger partial charge in [-0.15, -0.1) is 0 Å². The molecule has 1 heterocycles. The fourth-order valence-electron chi connectivity index (χ4n) is 1.41. The first-order valence-corrected chi connectivity index (χ1v) is 5.58. The highest BCUT2D eigenvalue weighted by Gasteiger charge is 2.19. The van der Waals surface area contributed by atoms with Crippen molar-refractivity contribution < 1.29 is 4.52 Å². The SMILES string of the molecule is Cc1noc(CNCCCNC2CC2)n1. The first kappa shape index (κ1) is 10.6. The van der Waals surface area contributed by atoms with E-state index in [0.717, 1.165) is 25.6 Å². The zero-order valence-corrected chi connectivity index (χ0v) is 9.12. The van der Waals surface area contributed by atoms with E-state index in [1.54, 1.807) is 0 Å². The maximum atomic E-state index is 4.98. The summed E-state index contributed by atoms with van der Waals surface area (Å²) in [4.78, 5) is 4.11. The van der Waals surface area contributed by atoms with Gasteiger partial charge in [0.15, 0.2) is 5.82 Å². The molecule has 0 aromatic carbocycles. The Morgan fingerprint density at radius 1 is 1.40 bits per heavy atom. The van der Waals surface area contributed by atoms with Crippen molar-refractivity contribution in [3.63, 3.8) is 0 Å². The van der Waals surface area contributed by atoms with E-state index in [1.165, 1.54) is 12.8 Å². The third-order valence-electron chi connectivity index (χ3n) is 2.39. The molecule has 5 nitrogen and oxygen atoms in total. The van der Waals surface area contributed by atoms with Gasteiger partial charge >= 0.3 is 0 Å². The van der Waals surface area contributed by atoms with Crippen LogP contribution in [0.25, 0.3) is 0 Å². The molecule has 2 N–H and O–H groups in total. The number of rotatable bonds is 7. The van der Waals surface area contributed by atoms with Crippen molar-refractivity contribution in [3.8, 4) is 0 Å². The molecule has 2 rings (SSSR count). The Labute approximate surface area is 89.6 Å². The van der Waals surface area contributed by atoms with Crippen LogP contribution in [0.4, 0.5) is 0 Å². The van der Waals surface area contributed by atoms with E-state index >= 15 is 0 Å². The van der Waals surface area contributed by atoms with Crippen LogP contribution < -0.4 is 10.6 Å². The Balaban J connectivity index is 1.47. The minimum Gasteiger partial charge on any atom is -0.338 e. The van der Waals surface area contributed by atoms with Gasteiger partial charge < -0.3 is 15.2 Å². The molecule has 5 heteroatoms. The smallest absolute Gasteiger partial charge is 0.240 e. The number of nitrogens with zero attached hydrogens (tertiary/aromatic N) is 2. The van der Waals surface area contributed by atoms with Crippen LogP contribution in [0.5, 0.6) is 0 Å². The van der Waals surface area contributed by atoms with Crippen LogP contribution in [0.3, 0.4) is 0 Å². The van der Waals surface area contributed by atoms with Gasteiger partial charge in [-0.05, 0) is 39.3 Å². The van der Waals surface area contributed by atoms with Crippen LogP contribution in [0, 0.1) is 6.92 Å². The van der Waals surface area contributed by atoms with Crippen molar-refractivity contribution in [1.82, 2.24) is 20.8 Å². The Bertz CT molecular complexity index is 295. The topological polar surface area (TPSA) is 63.0 Å². The lowest BCUT2D eigenvalue weighted by Crippen LogP contribution is -2.23. The molecule has 0 atom stereocenters. The van der Waals surface area contributed by atoms with Crippen molar-refractivity contribution >= 4 is 0 Å². The van der Waals surface area contributed by atoms with Gasteiger partial charge in [0, 0.05) is 6.04 Å². The monoisotopic (exact) mass is 210 g/mol. The summed E-state index contributed by atoms with van der Waals surface area (Å²) in [6.07, 6.45) is 3.85. The molecule has 1 aromatic heterocycles. The minimum absolute atomic E-state index is 0.669. The lowest BCUT2D eigenvalue weighted by atomic mass is 10.4. The molecule has 0 amide bonds. The van der Waals surface area contributed by atoms with E-state index in [9.17, 15) is 0 Å². The molecule has 1 aliphatic rings. The van der Waals surface area contributed by atoms with Crippen LogP contribution in [0.1, 0.15) is 31.0 Å². The average molecular weight is 210 g/mol. The second kappa shape index (κ2) is 5.23. The summed E-state index contributed by atoms with van der Waals surface area (Å²) in [5.74, 6) is 1.37. The number of aromatic nitrogens is 2. The van der Waals surface area contributed by atoms with Crippen molar-refractivity contribution in [2.24, 2.45) is 0 Å². The molecule has 0 radical (unpaired) electrons. The third-order valence-corrected chi connectivity index (χ3v) is 2.39. The zero-order valence-electron chi connectivity index (χ0n) is 9.12. The molecule has 0 saturated heterocycles. The first-order chi connectivity index (χ1) is 7.34. The van der Waals surface area contributed by atoms with Crippen molar-refractivity contribution in [3.05, 3.63) is 11.7 Å². The molecule has 84 valence electrons. The van der Waals surface area contributed by atoms with Gasteiger partial charge in [0.05, 0.1) is 6.54 Å². The summed E-state index contributed by atoms with van der Waals surface area (Å²) < 4.78 is 4.98. The predicted octanol–water partition coefficient (Wildman–Crippen LogP) is 0.610. The predicted molar refractivity (Wildman–Crippen MR) is 56.4 cm³/mol. The van der Waals surface area contributed by atoms with E-state index in [4.69, 9.17) is 4.52 Å². The Morgan fingerprint density at radius 2 is 2.27 bits per heavy atom. The number of nitrogens with one attached hydrogen (secondary N) is 2. The normalized spacial score (nSPS) is 15.8. The van der Waals surface area contributed by atoms with Gasteiger partial charge in [0.2, 0.25) is 5.89 Å². The van der Waals surface area contributed by atoms with Crippen LogP contribution in [-0.4, -0.2) is 29.3 Å². The second-order valence-electron chi connectivity index (χ2n) is 3.99. The summed E-state index contributed by atoms with van der Waals surface area (Å²) in [5, 5.41) is 10.5. The standard InChI is InChI=1S/C10H18N4O/c1-8-13-10(15-14-8)7-11-5-2-6-12-9-3-4-9/h9,11-12H,2-7H2,1H3. The molecular weight excluding hydrogens is 192 g/mol. The summed E-state index contributed by atoms with van der Waals surface area (Å²) >= 11 is 0.